The van der Waals surface area contributed by atoms with E-state index >= 15 is 0 Å². The van der Waals surface area contributed by atoms with E-state index in [0.717, 1.165) is 11.0 Å². The first-order chi connectivity index (χ1) is 8.79. The van der Waals surface area contributed by atoms with E-state index in [1.54, 1.807) is 0 Å². The monoisotopic (exact) mass is 248 g/mol. The maximum atomic E-state index is 11.4. The molecular formula is C13H16N2O3. The summed E-state index contributed by atoms with van der Waals surface area (Å²) >= 11 is 0. The molecule has 0 aliphatic rings. The number of nitrogens with one attached hydrogen (secondary N) is 2. The van der Waals surface area contributed by atoms with E-state index in [9.17, 15) is 4.79 Å². The van der Waals surface area contributed by atoms with Gasteiger partial charge in [0, 0.05) is 18.5 Å². The molecule has 1 aromatic heterocycles. The van der Waals surface area contributed by atoms with E-state index in [-0.39, 0.29) is 12.6 Å². The number of hydrogen-bond acceptors (Lipinski definition) is 3. The van der Waals surface area contributed by atoms with Crippen LogP contribution in [0.1, 0.15) is 12.2 Å². The minimum atomic E-state index is -0.260. The van der Waals surface area contributed by atoms with Crippen molar-refractivity contribution in [3.63, 3.8) is 0 Å². The molecule has 0 saturated carbocycles. The van der Waals surface area contributed by atoms with E-state index in [1.165, 1.54) is 0 Å². The Morgan fingerprint density at radius 3 is 2.89 bits per heavy atom. The third-order valence-electron chi connectivity index (χ3n) is 2.52. The summed E-state index contributed by atoms with van der Waals surface area (Å²) in [6.07, 6.45) is 0.554. The fourth-order valence-corrected chi connectivity index (χ4v) is 1.63. The largest absolute Gasteiger partial charge is 0.459 e. The van der Waals surface area contributed by atoms with Gasteiger partial charge in [-0.25, -0.2) is 4.79 Å². The van der Waals surface area contributed by atoms with E-state index in [2.05, 4.69) is 10.6 Å². The molecule has 1 aromatic carbocycles. The number of amides is 2. The van der Waals surface area contributed by atoms with Crippen LogP contribution in [0.3, 0.4) is 0 Å². The molecule has 0 aliphatic carbocycles. The van der Waals surface area contributed by atoms with Crippen molar-refractivity contribution in [1.82, 2.24) is 10.6 Å². The van der Waals surface area contributed by atoms with E-state index in [1.807, 2.05) is 30.3 Å². The molecule has 0 fully saturated rings. The lowest BCUT2D eigenvalue weighted by Crippen LogP contribution is -2.35. The molecule has 18 heavy (non-hydrogen) atoms. The molecule has 2 amide bonds. The van der Waals surface area contributed by atoms with E-state index in [0.29, 0.717) is 25.3 Å². The first-order valence-electron chi connectivity index (χ1n) is 5.89. The van der Waals surface area contributed by atoms with Gasteiger partial charge in [0.05, 0.1) is 6.54 Å². The second-order valence-electron chi connectivity index (χ2n) is 3.94. The van der Waals surface area contributed by atoms with E-state index in [4.69, 9.17) is 9.52 Å². The molecule has 0 spiro atoms. The number of urea groups is 1. The lowest BCUT2D eigenvalue weighted by molar-refractivity contribution is 0.237. The predicted molar refractivity (Wildman–Crippen MR) is 68.2 cm³/mol. The highest BCUT2D eigenvalue weighted by Gasteiger charge is 2.04. The molecule has 0 unspecified atom stereocenters. The number of furan rings is 1. The number of carbonyl (C=O) groups is 1. The van der Waals surface area contributed by atoms with Crippen molar-refractivity contribution < 1.29 is 14.3 Å². The Morgan fingerprint density at radius 2 is 2.11 bits per heavy atom. The second kappa shape index (κ2) is 6.07. The summed E-state index contributed by atoms with van der Waals surface area (Å²) in [4.78, 5) is 11.4. The molecule has 0 atom stereocenters. The van der Waals surface area contributed by atoms with Crippen molar-refractivity contribution in [3.8, 4) is 0 Å². The lowest BCUT2D eigenvalue weighted by atomic mass is 10.2. The van der Waals surface area contributed by atoms with Gasteiger partial charge in [0.2, 0.25) is 0 Å². The Morgan fingerprint density at radius 1 is 1.28 bits per heavy atom. The third-order valence-corrected chi connectivity index (χ3v) is 2.52. The summed E-state index contributed by atoms with van der Waals surface area (Å²) in [5.74, 6) is 0.716. The van der Waals surface area contributed by atoms with Crippen LogP contribution in [0.2, 0.25) is 0 Å². The fourth-order valence-electron chi connectivity index (χ4n) is 1.63. The van der Waals surface area contributed by atoms with Gasteiger partial charge in [-0.2, -0.15) is 0 Å². The Labute approximate surface area is 105 Å². The third kappa shape index (κ3) is 3.24. The molecule has 0 bridgehead atoms. The molecule has 0 saturated heterocycles. The van der Waals surface area contributed by atoms with Crippen LogP contribution < -0.4 is 10.6 Å². The summed E-state index contributed by atoms with van der Waals surface area (Å²) in [6.45, 7) is 0.881. The summed E-state index contributed by atoms with van der Waals surface area (Å²) in [5, 5.41) is 14.9. The zero-order valence-corrected chi connectivity index (χ0v) is 9.98. The van der Waals surface area contributed by atoms with Crippen molar-refractivity contribution in [2.75, 3.05) is 13.2 Å². The molecule has 5 nitrogen and oxygen atoms in total. The van der Waals surface area contributed by atoms with Gasteiger partial charge in [0.1, 0.15) is 11.3 Å². The van der Waals surface area contributed by atoms with Crippen LogP contribution in [-0.4, -0.2) is 24.3 Å². The van der Waals surface area contributed by atoms with Crippen molar-refractivity contribution in [2.45, 2.75) is 13.0 Å². The normalized spacial score (nSPS) is 10.5. The van der Waals surface area contributed by atoms with Gasteiger partial charge in [-0.1, -0.05) is 18.2 Å². The second-order valence-corrected chi connectivity index (χ2v) is 3.94. The lowest BCUT2D eigenvalue weighted by Gasteiger charge is -2.04. The number of carbonyl (C=O) groups excluding carboxylic acids is 1. The zero-order valence-electron chi connectivity index (χ0n) is 9.98. The van der Waals surface area contributed by atoms with Gasteiger partial charge in [-0.05, 0) is 18.6 Å². The van der Waals surface area contributed by atoms with Crippen LogP contribution in [0.5, 0.6) is 0 Å². The Balaban J connectivity index is 1.84. The first kappa shape index (κ1) is 12.4. The van der Waals surface area contributed by atoms with Crippen molar-refractivity contribution >= 4 is 17.0 Å². The number of aliphatic hydroxyl groups excluding tert-OH is 1. The smallest absolute Gasteiger partial charge is 0.315 e. The van der Waals surface area contributed by atoms with Gasteiger partial charge in [-0.15, -0.1) is 0 Å². The molecular weight excluding hydrogens is 232 g/mol. The minimum Gasteiger partial charge on any atom is -0.459 e. The van der Waals surface area contributed by atoms with Crippen molar-refractivity contribution in [3.05, 3.63) is 36.1 Å². The molecule has 0 aliphatic heterocycles. The fraction of sp³-hybridized carbons (Fsp3) is 0.308. The number of para-hydroxylation sites is 1. The quantitative estimate of drug-likeness (QED) is 0.704. The maximum absolute atomic E-state index is 11.4. The SMILES string of the molecule is O=C(NCCCO)NCc1cc2ccccc2o1. The molecule has 2 rings (SSSR count). The molecule has 96 valence electrons. The highest BCUT2D eigenvalue weighted by Crippen LogP contribution is 2.18. The summed E-state index contributed by atoms with van der Waals surface area (Å²) in [7, 11) is 0. The Kier molecular flexibility index (Phi) is 4.20. The van der Waals surface area contributed by atoms with Crippen LogP contribution >= 0.6 is 0 Å². The summed E-state index contributed by atoms with van der Waals surface area (Å²) in [6, 6.07) is 9.35. The van der Waals surface area contributed by atoms with Gasteiger partial charge in [0.15, 0.2) is 0 Å². The number of rotatable bonds is 5. The highest BCUT2D eigenvalue weighted by molar-refractivity contribution is 5.78. The Hall–Kier alpha value is -2.01. The van der Waals surface area contributed by atoms with Gasteiger partial charge in [-0.3, -0.25) is 0 Å². The average Bonchev–Trinajstić information content (AvgIpc) is 2.79. The van der Waals surface area contributed by atoms with Gasteiger partial charge >= 0.3 is 6.03 Å². The topological polar surface area (TPSA) is 74.5 Å². The van der Waals surface area contributed by atoms with Gasteiger partial charge < -0.3 is 20.2 Å². The number of fused-ring (bicyclic) bond motifs is 1. The van der Waals surface area contributed by atoms with Crippen LogP contribution in [0.25, 0.3) is 11.0 Å². The van der Waals surface area contributed by atoms with E-state index < -0.39 is 0 Å². The molecule has 5 heteroatoms. The molecule has 2 aromatic rings. The number of hydrogen-bond donors (Lipinski definition) is 3. The highest BCUT2D eigenvalue weighted by atomic mass is 16.3. The first-order valence-corrected chi connectivity index (χ1v) is 5.89. The summed E-state index contributed by atoms with van der Waals surface area (Å²) < 4.78 is 5.56. The summed E-state index contributed by atoms with van der Waals surface area (Å²) in [5.41, 5.74) is 0.815. The molecule has 1 heterocycles. The Bertz CT molecular complexity index is 489. The number of benzene rings is 1. The van der Waals surface area contributed by atoms with Crippen LogP contribution in [0, 0.1) is 0 Å². The van der Waals surface area contributed by atoms with Gasteiger partial charge in [0.25, 0.3) is 0 Å². The van der Waals surface area contributed by atoms with Crippen LogP contribution in [0.15, 0.2) is 34.7 Å². The standard InChI is InChI=1S/C13H16N2O3/c16-7-3-6-14-13(17)15-9-11-8-10-4-1-2-5-12(10)18-11/h1-2,4-5,8,16H,3,6-7,9H2,(H2,14,15,17). The maximum Gasteiger partial charge on any atom is 0.315 e. The van der Waals surface area contributed by atoms with Crippen LogP contribution in [0.4, 0.5) is 4.79 Å². The number of aliphatic hydroxyl groups is 1. The molecule has 0 radical (unpaired) electrons. The van der Waals surface area contributed by atoms with Crippen molar-refractivity contribution in [1.29, 1.82) is 0 Å². The molecule has 3 N–H and O–H groups in total. The average molecular weight is 248 g/mol. The van der Waals surface area contributed by atoms with Crippen molar-refractivity contribution in [2.24, 2.45) is 0 Å². The zero-order chi connectivity index (χ0) is 12.8. The van der Waals surface area contributed by atoms with Crippen LogP contribution in [-0.2, 0) is 6.54 Å². The minimum absolute atomic E-state index is 0.0733. The predicted octanol–water partition coefficient (Wildman–Crippen LogP) is 1.61.